The van der Waals surface area contributed by atoms with Gasteiger partial charge in [-0.1, -0.05) is 12.1 Å². The normalized spacial score (nSPS) is 10.3. The number of nitrogens with one attached hydrogen (secondary N) is 3. The van der Waals surface area contributed by atoms with Gasteiger partial charge >= 0.3 is 0 Å². The highest BCUT2D eigenvalue weighted by atomic mass is 16.3. The molecule has 6 nitrogen and oxygen atoms in total. The lowest BCUT2D eigenvalue weighted by molar-refractivity contribution is -0.115. The average molecular weight is 311 g/mol. The average Bonchev–Trinajstić information content (AvgIpc) is 2.59. The van der Waals surface area contributed by atoms with Crippen LogP contribution in [0.1, 0.15) is 15.9 Å². The molecule has 0 atom stereocenters. The lowest BCUT2D eigenvalue weighted by atomic mass is 10.2. The van der Waals surface area contributed by atoms with Crippen LogP contribution in [0.3, 0.4) is 0 Å². The Kier molecular flexibility index (Phi) is 5.35. The molecule has 0 bridgehead atoms. The molecule has 2 aromatic rings. The number of hydrogen-bond donors (Lipinski definition) is 4. The fraction of sp³-hybridized carbons (Fsp3) is 0.0588. The molecule has 0 fully saturated rings. The number of phenols is 1. The van der Waals surface area contributed by atoms with Gasteiger partial charge in [0.2, 0.25) is 0 Å². The molecule has 0 heterocycles. The molecule has 2 rings (SSSR count). The maximum Gasteiger partial charge on any atom is 0.262 e. The first kappa shape index (κ1) is 16.1. The minimum absolute atomic E-state index is 0.169. The molecule has 0 saturated heterocycles. The Hall–Kier alpha value is -3.28. The Morgan fingerprint density at radius 2 is 1.65 bits per heavy atom. The van der Waals surface area contributed by atoms with Crippen molar-refractivity contribution in [3.8, 4) is 5.75 Å². The Morgan fingerprint density at radius 1 is 1.00 bits per heavy atom. The van der Waals surface area contributed by atoms with Crippen LogP contribution in [0.2, 0.25) is 0 Å². The highest BCUT2D eigenvalue weighted by Gasteiger charge is 2.02. The van der Waals surface area contributed by atoms with Gasteiger partial charge in [0.15, 0.2) is 0 Å². The van der Waals surface area contributed by atoms with Crippen LogP contribution < -0.4 is 16.2 Å². The zero-order chi connectivity index (χ0) is 16.7. The van der Waals surface area contributed by atoms with Gasteiger partial charge in [-0.3, -0.25) is 20.4 Å². The molecule has 6 heteroatoms. The lowest BCUT2D eigenvalue weighted by Gasteiger charge is -2.07. The summed E-state index contributed by atoms with van der Waals surface area (Å²) in [6.07, 6.45) is 3.00. The zero-order valence-electron chi connectivity index (χ0n) is 12.5. The maximum atomic E-state index is 11.7. The van der Waals surface area contributed by atoms with Crippen LogP contribution in [0.25, 0.3) is 6.08 Å². The second kappa shape index (κ2) is 7.65. The highest BCUT2D eigenvalue weighted by molar-refractivity contribution is 5.94. The van der Waals surface area contributed by atoms with Crippen LogP contribution in [0.15, 0.2) is 54.6 Å². The van der Waals surface area contributed by atoms with Gasteiger partial charge in [-0.05, 0) is 48.0 Å². The Labute approximate surface area is 133 Å². The van der Waals surface area contributed by atoms with E-state index in [1.807, 2.05) is 0 Å². The molecule has 0 aliphatic rings. The molecule has 0 saturated carbocycles. The molecule has 0 aliphatic carbocycles. The molecule has 2 amide bonds. The second-order valence-electron chi connectivity index (χ2n) is 4.70. The van der Waals surface area contributed by atoms with Crippen molar-refractivity contribution in [3.05, 3.63) is 65.7 Å². The smallest absolute Gasteiger partial charge is 0.262 e. The van der Waals surface area contributed by atoms with E-state index in [1.165, 1.54) is 6.08 Å². The van der Waals surface area contributed by atoms with Crippen molar-refractivity contribution in [1.82, 2.24) is 10.7 Å². The predicted molar refractivity (Wildman–Crippen MR) is 88.7 cm³/mol. The van der Waals surface area contributed by atoms with E-state index in [9.17, 15) is 14.7 Å². The van der Waals surface area contributed by atoms with Crippen LogP contribution in [-0.2, 0) is 4.79 Å². The Balaban J connectivity index is 1.86. The Morgan fingerprint density at radius 3 is 2.26 bits per heavy atom. The van der Waals surface area contributed by atoms with Crippen molar-refractivity contribution in [1.29, 1.82) is 0 Å². The summed E-state index contributed by atoms with van der Waals surface area (Å²) in [5.41, 5.74) is 7.26. The number of hydrogen-bond acceptors (Lipinski definition) is 4. The summed E-state index contributed by atoms with van der Waals surface area (Å²) in [4.78, 5) is 23.1. The van der Waals surface area contributed by atoms with Crippen LogP contribution in [-0.4, -0.2) is 24.0 Å². The second-order valence-corrected chi connectivity index (χ2v) is 4.70. The molecule has 118 valence electrons. The summed E-state index contributed by atoms with van der Waals surface area (Å²) >= 11 is 0. The largest absolute Gasteiger partial charge is 0.508 e. The van der Waals surface area contributed by atoms with E-state index in [-0.39, 0.29) is 17.6 Å². The summed E-state index contributed by atoms with van der Waals surface area (Å²) in [6.45, 7) is 0. The van der Waals surface area contributed by atoms with Gasteiger partial charge in [-0.2, -0.15) is 0 Å². The third kappa shape index (κ3) is 4.89. The third-order valence-electron chi connectivity index (χ3n) is 3.02. The first-order valence-corrected chi connectivity index (χ1v) is 6.94. The first-order valence-electron chi connectivity index (χ1n) is 6.94. The van der Waals surface area contributed by atoms with E-state index in [2.05, 4.69) is 16.2 Å². The molecule has 0 aromatic heterocycles. The monoisotopic (exact) mass is 311 g/mol. The van der Waals surface area contributed by atoms with Crippen LogP contribution >= 0.6 is 0 Å². The van der Waals surface area contributed by atoms with Crippen molar-refractivity contribution in [2.75, 3.05) is 12.5 Å². The SMILES string of the molecule is CNC(=O)c1ccc(NNC(=O)C=Cc2ccc(O)cc2)cc1. The van der Waals surface area contributed by atoms with Gasteiger partial charge in [0, 0.05) is 18.7 Å². The van der Waals surface area contributed by atoms with E-state index in [0.29, 0.717) is 11.3 Å². The van der Waals surface area contributed by atoms with Gasteiger partial charge in [0.25, 0.3) is 11.8 Å². The Bertz CT molecular complexity index is 707. The minimum Gasteiger partial charge on any atom is -0.508 e. The summed E-state index contributed by atoms with van der Waals surface area (Å²) in [5.74, 6) is -0.320. The van der Waals surface area contributed by atoms with Crippen LogP contribution in [0, 0.1) is 0 Å². The van der Waals surface area contributed by atoms with Crippen molar-refractivity contribution < 1.29 is 14.7 Å². The van der Waals surface area contributed by atoms with Gasteiger partial charge < -0.3 is 10.4 Å². The topological polar surface area (TPSA) is 90.5 Å². The first-order chi connectivity index (χ1) is 11.1. The molecule has 0 unspecified atom stereocenters. The molecular weight excluding hydrogens is 294 g/mol. The van der Waals surface area contributed by atoms with Gasteiger partial charge in [0.1, 0.15) is 5.75 Å². The summed E-state index contributed by atoms with van der Waals surface area (Å²) < 4.78 is 0. The van der Waals surface area contributed by atoms with Gasteiger partial charge in [-0.15, -0.1) is 0 Å². The number of benzene rings is 2. The van der Waals surface area contributed by atoms with E-state index in [4.69, 9.17) is 0 Å². The molecule has 4 N–H and O–H groups in total. The summed E-state index contributed by atoms with van der Waals surface area (Å²) in [5, 5.41) is 11.7. The zero-order valence-corrected chi connectivity index (χ0v) is 12.5. The fourth-order valence-electron chi connectivity index (χ4n) is 1.78. The predicted octanol–water partition coefficient (Wildman–Crippen LogP) is 1.91. The third-order valence-corrected chi connectivity index (χ3v) is 3.02. The molecule has 0 aliphatic heterocycles. The van der Waals surface area contributed by atoms with Crippen molar-refractivity contribution in [3.63, 3.8) is 0 Å². The molecular formula is C17H17N3O3. The highest BCUT2D eigenvalue weighted by Crippen LogP contribution is 2.11. The number of rotatable bonds is 5. The van der Waals surface area contributed by atoms with E-state index in [0.717, 1.165) is 5.56 Å². The number of amides is 2. The molecule has 0 spiro atoms. The maximum absolute atomic E-state index is 11.7. The quantitative estimate of drug-likeness (QED) is 0.501. The number of carbonyl (C=O) groups excluding carboxylic acids is 2. The van der Waals surface area contributed by atoms with Crippen molar-refractivity contribution in [2.45, 2.75) is 0 Å². The van der Waals surface area contributed by atoms with E-state index >= 15 is 0 Å². The number of anilines is 1. The minimum atomic E-state index is -0.326. The number of carbonyl (C=O) groups is 2. The lowest BCUT2D eigenvalue weighted by Crippen LogP contribution is -2.27. The van der Waals surface area contributed by atoms with E-state index in [1.54, 1.807) is 61.7 Å². The van der Waals surface area contributed by atoms with Crippen LogP contribution in [0.4, 0.5) is 5.69 Å². The fourth-order valence-corrected chi connectivity index (χ4v) is 1.78. The molecule has 2 aromatic carbocycles. The van der Waals surface area contributed by atoms with Crippen molar-refractivity contribution in [2.24, 2.45) is 0 Å². The van der Waals surface area contributed by atoms with E-state index < -0.39 is 0 Å². The number of phenolic OH excluding ortho intramolecular Hbond substituents is 1. The standard InChI is InChI=1S/C17H17N3O3/c1-18-17(23)13-5-7-14(8-6-13)19-20-16(22)11-4-12-2-9-15(21)10-3-12/h2-11,19,21H,1H3,(H,18,23)(H,20,22). The summed E-state index contributed by atoms with van der Waals surface area (Å²) in [7, 11) is 1.56. The molecule has 23 heavy (non-hydrogen) atoms. The van der Waals surface area contributed by atoms with Gasteiger partial charge in [-0.25, -0.2) is 0 Å². The van der Waals surface area contributed by atoms with Gasteiger partial charge in [0.05, 0.1) is 5.69 Å². The molecule has 0 radical (unpaired) electrons. The number of aromatic hydroxyl groups is 1. The number of hydrazine groups is 1. The van der Waals surface area contributed by atoms with Crippen LogP contribution in [0.5, 0.6) is 5.75 Å². The van der Waals surface area contributed by atoms with Crippen molar-refractivity contribution >= 4 is 23.6 Å². The summed E-state index contributed by atoms with van der Waals surface area (Å²) in [6, 6.07) is 13.2.